The maximum absolute atomic E-state index is 11.8. The van der Waals surface area contributed by atoms with E-state index in [0.717, 1.165) is 9.56 Å². The fourth-order valence-corrected chi connectivity index (χ4v) is 2.43. The van der Waals surface area contributed by atoms with Gasteiger partial charge in [-0.3, -0.25) is 4.79 Å². The number of anilines is 1. The second kappa shape index (κ2) is 5.98. The number of amides is 1. The summed E-state index contributed by atoms with van der Waals surface area (Å²) >= 11 is 1.42. The predicted molar refractivity (Wildman–Crippen MR) is 78.6 cm³/mol. The van der Waals surface area contributed by atoms with Crippen LogP contribution in [0.3, 0.4) is 0 Å². The number of thiophene rings is 1. The zero-order chi connectivity index (χ0) is 15.5. The molecule has 0 saturated carbocycles. The van der Waals surface area contributed by atoms with E-state index in [2.05, 4.69) is 15.6 Å². The Morgan fingerprint density at radius 1 is 1.50 bits per heavy atom. The second-order valence-electron chi connectivity index (χ2n) is 4.49. The first-order chi connectivity index (χ1) is 10.6. The molecule has 0 atom stereocenters. The molecule has 3 aromatic heterocycles. The summed E-state index contributed by atoms with van der Waals surface area (Å²) in [5.74, 6) is 0.319. The van der Waals surface area contributed by atoms with Crippen molar-refractivity contribution in [2.45, 2.75) is 19.9 Å². The molecule has 0 radical (unpaired) electrons. The minimum Gasteiger partial charge on any atom is -0.387 e. The summed E-state index contributed by atoms with van der Waals surface area (Å²) in [5, 5.41) is 12.2. The number of hydrogen-bond donors (Lipinski definition) is 1. The summed E-state index contributed by atoms with van der Waals surface area (Å²) in [7, 11) is 0. The molecule has 3 rings (SSSR count). The number of carbonyl (C=O) groups excluding carboxylic acids is 1. The van der Waals surface area contributed by atoms with Crippen molar-refractivity contribution in [2.24, 2.45) is 0 Å². The minimum atomic E-state index is -0.589. The van der Waals surface area contributed by atoms with E-state index in [9.17, 15) is 9.59 Å². The van der Waals surface area contributed by atoms with Crippen molar-refractivity contribution in [3.63, 3.8) is 0 Å². The van der Waals surface area contributed by atoms with Gasteiger partial charge in [0.05, 0.1) is 11.4 Å². The SMILES string of the molecule is Cc1cc(NC(=O)CCn2nc(-c3cccs3)oc2=O)no1. The van der Waals surface area contributed by atoms with Crippen LogP contribution in [-0.4, -0.2) is 20.8 Å². The molecular formula is C13H12N4O4S. The first kappa shape index (κ1) is 14.3. The highest BCUT2D eigenvalue weighted by atomic mass is 32.1. The molecule has 0 fully saturated rings. The normalized spacial score (nSPS) is 10.8. The van der Waals surface area contributed by atoms with Gasteiger partial charge in [0.25, 0.3) is 5.89 Å². The summed E-state index contributed by atoms with van der Waals surface area (Å²) in [5.41, 5.74) is 0. The van der Waals surface area contributed by atoms with E-state index >= 15 is 0 Å². The molecule has 0 aliphatic carbocycles. The molecule has 1 N–H and O–H groups in total. The lowest BCUT2D eigenvalue weighted by molar-refractivity contribution is -0.116. The summed E-state index contributed by atoms with van der Waals surface area (Å²) in [6.45, 7) is 1.85. The fourth-order valence-electron chi connectivity index (χ4n) is 1.79. The molecule has 0 bridgehead atoms. The zero-order valence-corrected chi connectivity index (χ0v) is 12.4. The van der Waals surface area contributed by atoms with Crippen molar-refractivity contribution in [3.05, 3.63) is 39.9 Å². The van der Waals surface area contributed by atoms with Crippen LogP contribution in [0.1, 0.15) is 12.2 Å². The average molecular weight is 320 g/mol. The van der Waals surface area contributed by atoms with Gasteiger partial charge < -0.3 is 14.3 Å². The van der Waals surface area contributed by atoms with E-state index in [-0.39, 0.29) is 24.8 Å². The second-order valence-corrected chi connectivity index (χ2v) is 5.44. The molecule has 9 heteroatoms. The van der Waals surface area contributed by atoms with Crippen molar-refractivity contribution in [1.29, 1.82) is 0 Å². The quantitative estimate of drug-likeness (QED) is 0.770. The van der Waals surface area contributed by atoms with Crippen molar-refractivity contribution in [1.82, 2.24) is 14.9 Å². The standard InChI is InChI=1S/C13H12N4O4S/c1-8-7-10(16-21-8)14-11(18)4-5-17-13(19)20-12(15-17)9-3-2-6-22-9/h2-3,6-7H,4-5H2,1H3,(H,14,16,18). The highest BCUT2D eigenvalue weighted by molar-refractivity contribution is 7.13. The Kier molecular flexibility index (Phi) is 3.88. The van der Waals surface area contributed by atoms with E-state index in [0.29, 0.717) is 11.6 Å². The van der Waals surface area contributed by atoms with Crippen LogP contribution in [0.5, 0.6) is 0 Å². The number of carbonyl (C=O) groups is 1. The van der Waals surface area contributed by atoms with E-state index in [1.807, 2.05) is 11.4 Å². The maximum atomic E-state index is 11.8. The van der Waals surface area contributed by atoms with Crippen LogP contribution in [0.2, 0.25) is 0 Å². The molecule has 0 spiro atoms. The van der Waals surface area contributed by atoms with E-state index in [1.165, 1.54) is 11.3 Å². The Balaban J connectivity index is 1.62. The minimum absolute atomic E-state index is 0.0717. The van der Waals surface area contributed by atoms with Crippen LogP contribution in [0.4, 0.5) is 5.82 Å². The molecule has 114 valence electrons. The molecule has 1 amide bonds. The Hall–Kier alpha value is -2.68. The van der Waals surface area contributed by atoms with E-state index in [1.54, 1.807) is 19.1 Å². The van der Waals surface area contributed by atoms with Crippen LogP contribution in [0.15, 0.2) is 37.3 Å². The number of nitrogens with one attached hydrogen (secondary N) is 1. The van der Waals surface area contributed by atoms with Crippen LogP contribution >= 0.6 is 11.3 Å². The first-order valence-electron chi connectivity index (χ1n) is 6.47. The summed E-state index contributed by atoms with van der Waals surface area (Å²) in [4.78, 5) is 24.2. The number of nitrogens with zero attached hydrogens (tertiary/aromatic N) is 3. The van der Waals surface area contributed by atoms with Crippen LogP contribution in [0.25, 0.3) is 10.8 Å². The molecule has 8 nitrogen and oxygen atoms in total. The van der Waals surface area contributed by atoms with Crippen LogP contribution < -0.4 is 11.1 Å². The zero-order valence-electron chi connectivity index (χ0n) is 11.6. The van der Waals surface area contributed by atoms with Crippen molar-refractivity contribution < 1.29 is 13.7 Å². The predicted octanol–water partition coefficient (Wildman–Crippen LogP) is 1.89. The van der Waals surface area contributed by atoms with Gasteiger partial charge in [0, 0.05) is 12.5 Å². The smallest absolute Gasteiger partial charge is 0.387 e. The Labute approximate surface area is 128 Å². The fraction of sp³-hybridized carbons (Fsp3) is 0.231. The Morgan fingerprint density at radius 2 is 2.36 bits per heavy atom. The van der Waals surface area contributed by atoms with Crippen LogP contribution in [0, 0.1) is 6.92 Å². The molecule has 0 aliphatic heterocycles. The van der Waals surface area contributed by atoms with Gasteiger partial charge in [-0.25, -0.2) is 4.79 Å². The van der Waals surface area contributed by atoms with Gasteiger partial charge in [0.15, 0.2) is 5.82 Å². The average Bonchev–Trinajstić information content (AvgIpc) is 3.18. The summed E-state index contributed by atoms with van der Waals surface area (Å²) < 4.78 is 11.0. The lowest BCUT2D eigenvalue weighted by Crippen LogP contribution is -2.21. The van der Waals surface area contributed by atoms with Crippen molar-refractivity contribution in [2.75, 3.05) is 5.32 Å². The van der Waals surface area contributed by atoms with Gasteiger partial charge in [-0.2, -0.15) is 4.68 Å². The molecule has 22 heavy (non-hydrogen) atoms. The third kappa shape index (κ3) is 3.14. The van der Waals surface area contributed by atoms with Gasteiger partial charge in [-0.1, -0.05) is 11.2 Å². The highest BCUT2D eigenvalue weighted by Crippen LogP contribution is 2.21. The first-order valence-corrected chi connectivity index (χ1v) is 7.35. The molecule has 0 aliphatic rings. The topological polar surface area (TPSA) is 103 Å². The van der Waals surface area contributed by atoms with Gasteiger partial charge in [0.1, 0.15) is 5.76 Å². The van der Waals surface area contributed by atoms with E-state index in [4.69, 9.17) is 8.94 Å². The van der Waals surface area contributed by atoms with Crippen molar-refractivity contribution >= 4 is 23.1 Å². The van der Waals surface area contributed by atoms with E-state index < -0.39 is 5.76 Å². The third-order valence-corrected chi connectivity index (χ3v) is 3.64. The number of aromatic nitrogens is 3. The summed E-state index contributed by atoms with van der Waals surface area (Å²) in [6.07, 6.45) is 0.0717. The number of hydrogen-bond acceptors (Lipinski definition) is 7. The van der Waals surface area contributed by atoms with Gasteiger partial charge in [-0.15, -0.1) is 16.4 Å². The lowest BCUT2D eigenvalue weighted by Gasteiger charge is -2.00. The number of rotatable bonds is 5. The van der Waals surface area contributed by atoms with Crippen LogP contribution in [-0.2, 0) is 11.3 Å². The molecule has 3 aromatic rings. The monoisotopic (exact) mass is 320 g/mol. The third-order valence-electron chi connectivity index (χ3n) is 2.78. The molecule has 0 saturated heterocycles. The highest BCUT2D eigenvalue weighted by Gasteiger charge is 2.13. The lowest BCUT2D eigenvalue weighted by atomic mass is 10.4. The molecule has 0 unspecified atom stereocenters. The van der Waals surface area contributed by atoms with Crippen molar-refractivity contribution in [3.8, 4) is 10.8 Å². The summed E-state index contributed by atoms with van der Waals surface area (Å²) in [6, 6.07) is 5.25. The number of aryl methyl sites for hydroxylation is 2. The van der Waals surface area contributed by atoms with Gasteiger partial charge >= 0.3 is 5.76 Å². The van der Waals surface area contributed by atoms with Gasteiger partial charge in [-0.05, 0) is 18.4 Å². The Morgan fingerprint density at radius 3 is 3.05 bits per heavy atom. The molecule has 0 aromatic carbocycles. The molecule has 3 heterocycles. The van der Waals surface area contributed by atoms with Gasteiger partial charge in [0.2, 0.25) is 5.91 Å². The maximum Gasteiger partial charge on any atom is 0.437 e. The molecular weight excluding hydrogens is 308 g/mol. The largest absolute Gasteiger partial charge is 0.437 e. The Bertz CT molecular complexity index is 830.